The molecular formula is C23H33N3O4. The average Bonchev–Trinajstić information content (AvgIpc) is 2.71. The first-order valence-electron chi connectivity index (χ1n) is 10.6. The fourth-order valence-corrected chi connectivity index (χ4v) is 4.56. The van der Waals surface area contributed by atoms with Crippen molar-refractivity contribution in [3.05, 3.63) is 36.0 Å². The van der Waals surface area contributed by atoms with Gasteiger partial charge in [0.15, 0.2) is 0 Å². The van der Waals surface area contributed by atoms with E-state index < -0.39 is 17.7 Å². The van der Waals surface area contributed by atoms with Crippen LogP contribution in [-0.2, 0) is 0 Å². The predicted molar refractivity (Wildman–Crippen MR) is 117 cm³/mol. The summed E-state index contributed by atoms with van der Waals surface area (Å²) in [5.74, 6) is 0.838. The lowest BCUT2D eigenvalue weighted by Gasteiger charge is -2.45. The number of methoxy groups -OCH3 is 1. The second-order valence-electron chi connectivity index (χ2n) is 9.03. The summed E-state index contributed by atoms with van der Waals surface area (Å²) < 4.78 is 5.34. The minimum absolute atomic E-state index is 0.145. The van der Waals surface area contributed by atoms with Crippen LogP contribution in [0.4, 0.5) is 4.79 Å². The Hall–Kier alpha value is -2.38. The number of amides is 1. The van der Waals surface area contributed by atoms with E-state index in [0.29, 0.717) is 12.2 Å². The highest BCUT2D eigenvalue weighted by Gasteiger charge is 2.39. The monoisotopic (exact) mass is 415 g/mol. The fraction of sp³-hybridized carbons (Fsp3) is 0.565. The van der Waals surface area contributed by atoms with Gasteiger partial charge < -0.3 is 25.2 Å². The van der Waals surface area contributed by atoms with Crippen LogP contribution in [0.1, 0.15) is 51.7 Å². The second kappa shape index (κ2) is 9.18. The second-order valence-corrected chi connectivity index (χ2v) is 9.03. The number of hydrogen-bond donors (Lipinski definition) is 3. The number of aromatic nitrogens is 1. The van der Waals surface area contributed by atoms with E-state index in [1.807, 2.05) is 45.0 Å². The van der Waals surface area contributed by atoms with E-state index >= 15 is 0 Å². The van der Waals surface area contributed by atoms with Gasteiger partial charge in [-0.25, -0.2) is 4.79 Å². The Labute approximate surface area is 178 Å². The van der Waals surface area contributed by atoms with Gasteiger partial charge in [-0.3, -0.25) is 4.98 Å². The molecule has 0 aliphatic carbocycles. The molecule has 1 amide bonds. The SMILES string of the molecule is COc1ccc2nccc(C(O)CC(C3CCCNC3)N(C(=O)O)C(C)(C)C)c2c1. The summed E-state index contributed by atoms with van der Waals surface area (Å²) in [5.41, 5.74) is 0.943. The maximum absolute atomic E-state index is 12.2. The Balaban J connectivity index is 1.97. The van der Waals surface area contributed by atoms with Crippen LogP contribution in [0.2, 0.25) is 0 Å². The number of hydrogen-bond acceptors (Lipinski definition) is 5. The molecule has 1 aliphatic heterocycles. The topological polar surface area (TPSA) is 94.9 Å². The Morgan fingerprint density at radius 2 is 2.13 bits per heavy atom. The molecule has 0 radical (unpaired) electrons. The zero-order valence-electron chi connectivity index (χ0n) is 18.3. The molecule has 1 fully saturated rings. The molecule has 3 atom stereocenters. The number of aliphatic hydroxyl groups is 1. The molecule has 1 aliphatic rings. The molecule has 1 saturated heterocycles. The molecule has 0 spiro atoms. The molecule has 2 heterocycles. The maximum atomic E-state index is 12.2. The van der Waals surface area contributed by atoms with Crippen molar-refractivity contribution in [3.63, 3.8) is 0 Å². The highest BCUT2D eigenvalue weighted by molar-refractivity contribution is 5.83. The largest absolute Gasteiger partial charge is 0.497 e. The molecule has 3 unspecified atom stereocenters. The van der Waals surface area contributed by atoms with E-state index in [9.17, 15) is 15.0 Å². The van der Waals surface area contributed by atoms with Crippen LogP contribution in [0, 0.1) is 5.92 Å². The molecular weight excluding hydrogens is 382 g/mol. The Kier molecular flexibility index (Phi) is 6.83. The standard InChI is InChI=1S/C23H33N3O4/c1-23(2,3)26(22(28)29)20(15-6-5-10-24-14-15)13-21(27)17-9-11-25-19-8-7-16(30-4)12-18(17)19/h7-9,11-12,15,20-21,24,27H,5-6,10,13-14H2,1-4H3,(H,28,29). The van der Waals surface area contributed by atoms with Crippen LogP contribution in [0.3, 0.4) is 0 Å². The van der Waals surface area contributed by atoms with Crippen molar-refractivity contribution in [3.8, 4) is 5.75 Å². The van der Waals surface area contributed by atoms with Gasteiger partial charge in [0.1, 0.15) is 5.75 Å². The zero-order chi connectivity index (χ0) is 21.9. The van der Waals surface area contributed by atoms with E-state index in [1.54, 1.807) is 13.3 Å². The van der Waals surface area contributed by atoms with Crippen molar-refractivity contribution < 1.29 is 19.7 Å². The quantitative estimate of drug-likeness (QED) is 0.664. The van der Waals surface area contributed by atoms with Gasteiger partial charge in [0.25, 0.3) is 0 Å². The number of rotatable bonds is 6. The van der Waals surface area contributed by atoms with Crippen molar-refractivity contribution in [2.45, 2.75) is 57.7 Å². The number of aliphatic hydroxyl groups excluding tert-OH is 1. The molecule has 7 nitrogen and oxygen atoms in total. The molecule has 7 heteroatoms. The molecule has 3 N–H and O–H groups in total. The molecule has 30 heavy (non-hydrogen) atoms. The summed E-state index contributed by atoms with van der Waals surface area (Å²) >= 11 is 0. The van der Waals surface area contributed by atoms with E-state index in [1.165, 1.54) is 4.90 Å². The number of piperidine rings is 1. The summed E-state index contributed by atoms with van der Waals surface area (Å²) in [6.07, 6.45) is 2.18. The molecule has 1 aromatic carbocycles. The molecule has 0 bridgehead atoms. The lowest BCUT2D eigenvalue weighted by Crippen LogP contribution is -2.56. The maximum Gasteiger partial charge on any atom is 0.407 e. The predicted octanol–water partition coefficient (Wildman–Crippen LogP) is 3.81. The molecule has 3 rings (SSSR count). The van der Waals surface area contributed by atoms with Crippen LogP contribution in [-0.4, -0.2) is 58.0 Å². The van der Waals surface area contributed by atoms with E-state index in [-0.39, 0.29) is 12.0 Å². The Bertz CT molecular complexity index is 874. The number of benzene rings is 1. The fourth-order valence-electron chi connectivity index (χ4n) is 4.56. The van der Waals surface area contributed by atoms with Gasteiger partial charge in [-0.2, -0.15) is 0 Å². The normalized spacial score (nSPS) is 19.3. The van der Waals surface area contributed by atoms with Gasteiger partial charge in [0, 0.05) is 23.2 Å². The number of carboxylic acid groups (broad SMARTS) is 1. The molecule has 2 aromatic rings. The van der Waals surface area contributed by atoms with Gasteiger partial charge in [0.2, 0.25) is 0 Å². The summed E-state index contributed by atoms with van der Waals surface area (Å²) in [6.45, 7) is 7.42. The molecule has 1 aromatic heterocycles. The van der Waals surface area contributed by atoms with Gasteiger partial charge in [-0.05, 0) is 88.9 Å². The number of nitrogens with zero attached hydrogens (tertiary/aromatic N) is 2. The van der Waals surface area contributed by atoms with Crippen molar-refractivity contribution in [1.29, 1.82) is 0 Å². The number of nitrogens with one attached hydrogen (secondary N) is 1. The third kappa shape index (κ3) is 4.84. The van der Waals surface area contributed by atoms with Gasteiger partial charge in [-0.1, -0.05) is 0 Å². The van der Waals surface area contributed by atoms with Crippen molar-refractivity contribution >= 4 is 17.0 Å². The number of ether oxygens (including phenoxy) is 1. The summed E-state index contributed by atoms with van der Waals surface area (Å²) in [7, 11) is 1.60. The van der Waals surface area contributed by atoms with Crippen LogP contribution in [0.25, 0.3) is 10.9 Å². The van der Waals surface area contributed by atoms with Gasteiger partial charge in [0.05, 0.1) is 18.7 Å². The average molecular weight is 416 g/mol. The molecule has 0 saturated carbocycles. The van der Waals surface area contributed by atoms with E-state index in [0.717, 1.165) is 42.4 Å². The van der Waals surface area contributed by atoms with E-state index in [4.69, 9.17) is 4.74 Å². The first-order chi connectivity index (χ1) is 14.2. The third-order valence-corrected chi connectivity index (χ3v) is 5.95. The lowest BCUT2D eigenvalue weighted by molar-refractivity contribution is 0.0172. The first-order valence-corrected chi connectivity index (χ1v) is 10.6. The number of carbonyl (C=O) groups is 1. The smallest absolute Gasteiger partial charge is 0.407 e. The third-order valence-electron chi connectivity index (χ3n) is 5.95. The highest BCUT2D eigenvalue weighted by atomic mass is 16.5. The van der Waals surface area contributed by atoms with Crippen molar-refractivity contribution in [2.24, 2.45) is 5.92 Å². The summed E-state index contributed by atoms with van der Waals surface area (Å²) in [6, 6.07) is 7.08. The first kappa shape index (κ1) is 22.3. The van der Waals surface area contributed by atoms with Crippen molar-refractivity contribution in [1.82, 2.24) is 15.2 Å². The zero-order valence-corrected chi connectivity index (χ0v) is 18.3. The minimum atomic E-state index is -0.952. The highest BCUT2D eigenvalue weighted by Crippen LogP contribution is 2.35. The number of fused-ring (bicyclic) bond motifs is 1. The van der Waals surface area contributed by atoms with Crippen LogP contribution in [0.15, 0.2) is 30.5 Å². The van der Waals surface area contributed by atoms with Gasteiger partial charge >= 0.3 is 6.09 Å². The van der Waals surface area contributed by atoms with Crippen molar-refractivity contribution in [2.75, 3.05) is 20.2 Å². The van der Waals surface area contributed by atoms with Crippen LogP contribution < -0.4 is 10.1 Å². The minimum Gasteiger partial charge on any atom is -0.497 e. The van der Waals surface area contributed by atoms with Crippen LogP contribution >= 0.6 is 0 Å². The molecule has 164 valence electrons. The summed E-state index contributed by atoms with van der Waals surface area (Å²) in [4.78, 5) is 18.2. The summed E-state index contributed by atoms with van der Waals surface area (Å²) in [5, 5.41) is 25.5. The number of pyridine rings is 1. The lowest BCUT2D eigenvalue weighted by atomic mass is 9.83. The Morgan fingerprint density at radius 3 is 2.73 bits per heavy atom. The van der Waals surface area contributed by atoms with Gasteiger partial charge in [-0.15, -0.1) is 0 Å². The van der Waals surface area contributed by atoms with E-state index in [2.05, 4.69) is 10.3 Å². The Morgan fingerprint density at radius 1 is 1.37 bits per heavy atom. The van der Waals surface area contributed by atoms with Crippen LogP contribution in [0.5, 0.6) is 5.75 Å².